The van der Waals surface area contributed by atoms with Crippen LogP contribution in [-0.2, 0) is 18.3 Å². The van der Waals surface area contributed by atoms with Gasteiger partial charge >= 0.3 is 0 Å². The highest BCUT2D eigenvalue weighted by molar-refractivity contribution is 5.85. The Bertz CT molecular complexity index is 355. The zero-order valence-electron chi connectivity index (χ0n) is 11.5. The zero-order valence-corrected chi connectivity index (χ0v) is 12.3. The third-order valence-electron chi connectivity index (χ3n) is 2.52. The molecule has 0 radical (unpaired) electrons. The fourth-order valence-corrected chi connectivity index (χ4v) is 1.60. The maximum Gasteiger partial charge on any atom is 0.215 e. The molecular weight excluding hydrogens is 257 g/mol. The van der Waals surface area contributed by atoms with E-state index in [2.05, 4.69) is 10.4 Å². The van der Waals surface area contributed by atoms with Crippen LogP contribution >= 0.6 is 12.4 Å². The van der Waals surface area contributed by atoms with Gasteiger partial charge in [-0.15, -0.1) is 12.4 Å². The standard InChI is InChI=1S/C12H22FN3O.ClH/c1-9(2)17-7-5-6-14-8-11-10(3)15-16(4)12(11)13;/h9,14H,5-8H2,1-4H3;1H. The van der Waals surface area contributed by atoms with Gasteiger partial charge in [0.2, 0.25) is 5.95 Å². The van der Waals surface area contributed by atoms with Crippen LogP contribution in [-0.4, -0.2) is 29.0 Å². The van der Waals surface area contributed by atoms with Crippen molar-refractivity contribution in [1.82, 2.24) is 15.1 Å². The minimum absolute atomic E-state index is 0. The van der Waals surface area contributed by atoms with Crippen molar-refractivity contribution < 1.29 is 9.13 Å². The van der Waals surface area contributed by atoms with E-state index in [1.54, 1.807) is 7.05 Å². The lowest BCUT2D eigenvalue weighted by molar-refractivity contribution is 0.0770. The SMILES string of the molecule is Cc1nn(C)c(F)c1CNCCCOC(C)C.Cl. The fourth-order valence-electron chi connectivity index (χ4n) is 1.60. The molecule has 1 aromatic heterocycles. The van der Waals surface area contributed by atoms with Crippen molar-refractivity contribution in [2.24, 2.45) is 7.05 Å². The normalized spacial score (nSPS) is 10.8. The van der Waals surface area contributed by atoms with Gasteiger partial charge in [0.1, 0.15) is 0 Å². The molecule has 1 rings (SSSR count). The lowest BCUT2D eigenvalue weighted by atomic mass is 10.2. The molecule has 0 saturated heterocycles. The number of nitrogens with one attached hydrogen (secondary N) is 1. The molecule has 0 aliphatic rings. The second-order valence-corrected chi connectivity index (χ2v) is 4.43. The number of halogens is 2. The molecule has 0 fully saturated rings. The number of hydrogen-bond acceptors (Lipinski definition) is 3. The largest absolute Gasteiger partial charge is 0.379 e. The molecule has 0 aromatic carbocycles. The summed E-state index contributed by atoms with van der Waals surface area (Å²) < 4.78 is 20.2. The van der Waals surface area contributed by atoms with Gasteiger partial charge in [0.15, 0.2) is 0 Å². The number of hydrogen-bond donors (Lipinski definition) is 1. The van der Waals surface area contributed by atoms with Crippen LogP contribution < -0.4 is 5.32 Å². The van der Waals surface area contributed by atoms with Crippen molar-refractivity contribution in [2.75, 3.05) is 13.2 Å². The van der Waals surface area contributed by atoms with E-state index in [-0.39, 0.29) is 24.5 Å². The van der Waals surface area contributed by atoms with E-state index in [1.807, 2.05) is 20.8 Å². The van der Waals surface area contributed by atoms with Crippen molar-refractivity contribution in [3.8, 4) is 0 Å². The summed E-state index contributed by atoms with van der Waals surface area (Å²) in [6.45, 7) is 7.93. The zero-order chi connectivity index (χ0) is 12.8. The van der Waals surface area contributed by atoms with E-state index in [1.165, 1.54) is 4.68 Å². The first-order valence-electron chi connectivity index (χ1n) is 6.02. The summed E-state index contributed by atoms with van der Waals surface area (Å²) in [5.41, 5.74) is 1.40. The van der Waals surface area contributed by atoms with E-state index in [0.717, 1.165) is 25.3 Å². The second-order valence-electron chi connectivity index (χ2n) is 4.43. The van der Waals surface area contributed by atoms with Crippen LogP contribution in [0.2, 0.25) is 0 Å². The summed E-state index contributed by atoms with van der Waals surface area (Å²) in [6.07, 6.45) is 1.20. The van der Waals surface area contributed by atoms with E-state index in [9.17, 15) is 4.39 Å². The first kappa shape index (κ1) is 17.4. The minimum Gasteiger partial charge on any atom is -0.379 e. The third-order valence-corrected chi connectivity index (χ3v) is 2.52. The number of ether oxygens (including phenoxy) is 1. The van der Waals surface area contributed by atoms with E-state index in [4.69, 9.17) is 4.74 Å². The third kappa shape index (κ3) is 5.33. The van der Waals surface area contributed by atoms with Crippen molar-refractivity contribution in [3.63, 3.8) is 0 Å². The summed E-state index contributed by atoms with van der Waals surface area (Å²) in [4.78, 5) is 0. The summed E-state index contributed by atoms with van der Waals surface area (Å²) >= 11 is 0. The molecule has 0 spiro atoms. The van der Waals surface area contributed by atoms with Gasteiger partial charge in [-0.05, 0) is 33.7 Å². The Labute approximate surface area is 114 Å². The molecule has 0 saturated carbocycles. The number of aryl methyl sites for hydroxylation is 2. The molecule has 4 nitrogen and oxygen atoms in total. The summed E-state index contributed by atoms with van der Waals surface area (Å²) in [5.74, 6) is -0.256. The van der Waals surface area contributed by atoms with Gasteiger partial charge in [0, 0.05) is 25.8 Å². The molecule has 0 amide bonds. The molecule has 6 heteroatoms. The monoisotopic (exact) mass is 279 g/mol. The molecule has 0 bridgehead atoms. The Morgan fingerprint density at radius 2 is 2.11 bits per heavy atom. The van der Waals surface area contributed by atoms with Gasteiger partial charge in [-0.3, -0.25) is 0 Å². The maximum atomic E-state index is 13.5. The topological polar surface area (TPSA) is 39.1 Å². The van der Waals surface area contributed by atoms with Crippen LogP contribution in [0, 0.1) is 12.9 Å². The van der Waals surface area contributed by atoms with E-state index < -0.39 is 0 Å². The van der Waals surface area contributed by atoms with Crippen LogP contribution in [0.4, 0.5) is 4.39 Å². The summed E-state index contributed by atoms with van der Waals surface area (Å²) in [7, 11) is 1.61. The van der Waals surface area contributed by atoms with E-state index >= 15 is 0 Å². The highest BCUT2D eigenvalue weighted by atomic mass is 35.5. The van der Waals surface area contributed by atoms with Crippen LogP contribution in [0.25, 0.3) is 0 Å². The predicted molar refractivity (Wildman–Crippen MR) is 72.6 cm³/mol. The lowest BCUT2D eigenvalue weighted by Gasteiger charge is -2.07. The molecule has 1 heterocycles. The van der Waals surface area contributed by atoms with Gasteiger partial charge in [0.25, 0.3) is 0 Å². The molecule has 1 N–H and O–H groups in total. The van der Waals surface area contributed by atoms with Gasteiger partial charge in [-0.25, -0.2) is 4.68 Å². The van der Waals surface area contributed by atoms with Crippen molar-refractivity contribution >= 4 is 12.4 Å². The molecule has 106 valence electrons. The van der Waals surface area contributed by atoms with Crippen molar-refractivity contribution in [3.05, 3.63) is 17.2 Å². The van der Waals surface area contributed by atoms with Crippen LogP contribution in [0.15, 0.2) is 0 Å². The van der Waals surface area contributed by atoms with E-state index in [0.29, 0.717) is 12.1 Å². The van der Waals surface area contributed by atoms with Gasteiger partial charge in [0.05, 0.1) is 11.8 Å². The Kier molecular flexibility index (Phi) is 8.15. The molecule has 0 aliphatic heterocycles. The Balaban J connectivity index is 0.00000289. The second kappa shape index (κ2) is 8.45. The number of aromatic nitrogens is 2. The minimum atomic E-state index is -0.256. The number of rotatable bonds is 7. The summed E-state index contributed by atoms with van der Waals surface area (Å²) in [6, 6.07) is 0. The average Bonchev–Trinajstić information content (AvgIpc) is 2.48. The van der Waals surface area contributed by atoms with Crippen LogP contribution in [0.3, 0.4) is 0 Å². The highest BCUT2D eigenvalue weighted by Crippen LogP contribution is 2.10. The lowest BCUT2D eigenvalue weighted by Crippen LogP contribution is -2.18. The van der Waals surface area contributed by atoms with Gasteiger partial charge in [-0.2, -0.15) is 9.49 Å². The Morgan fingerprint density at radius 3 is 2.61 bits per heavy atom. The first-order chi connectivity index (χ1) is 8.02. The maximum absolute atomic E-state index is 13.5. The van der Waals surface area contributed by atoms with Crippen LogP contribution in [0.1, 0.15) is 31.5 Å². The molecular formula is C12H23ClFN3O. The quantitative estimate of drug-likeness (QED) is 0.778. The smallest absolute Gasteiger partial charge is 0.215 e. The highest BCUT2D eigenvalue weighted by Gasteiger charge is 2.11. The molecule has 1 aromatic rings. The van der Waals surface area contributed by atoms with Gasteiger partial charge < -0.3 is 10.1 Å². The van der Waals surface area contributed by atoms with Crippen molar-refractivity contribution in [1.29, 1.82) is 0 Å². The average molecular weight is 280 g/mol. The first-order valence-corrected chi connectivity index (χ1v) is 6.02. The predicted octanol–water partition coefficient (Wildman–Crippen LogP) is 2.19. The fraction of sp³-hybridized carbons (Fsp3) is 0.750. The molecule has 0 atom stereocenters. The number of nitrogens with zero attached hydrogens (tertiary/aromatic N) is 2. The Hall–Kier alpha value is -0.650. The Morgan fingerprint density at radius 1 is 1.44 bits per heavy atom. The molecule has 0 aliphatic carbocycles. The van der Waals surface area contributed by atoms with Gasteiger partial charge in [-0.1, -0.05) is 0 Å². The molecule has 18 heavy (non-hydrogen) atoms. The van der Waals surface area contributed by atoms with Crippen LogP contribution in [0.5, 0.6) is 0 Å². The van der Waals surface area contributed by atoms with Crippen molar-refractivity contribution in [2.45, 2.75) is 39.8 Å². The summed E-state index contributed by atoms with van der Waals surface area (Å²) in [5, 5.41) is 7.22. The molecule has 0 unspecified atom stereocenters.